The molecule has 0 radical (unpaired) electrons. The van der Waals surface area contributed by atoms with E-state index in [1.807, 2.05) is 30.3 Å². The Morgan fingerprint density at radius 3 is 2.73 bits per heavy atom. The van der Waals surface area contributed by atoms with Crippen LogP contribution in [-0.2, 0) is 13.1 Å². The molecule has 154 valence electrons. The van der Waals surface area contributed by atoms with E-state index in [4.69, 9.17) is 16.3 Å². The van der Waals surface area contributed by atoms with Gasteiger partial charge in [-0.1, -0.05) is 30.7 Å². The number of carboxylic acid groups (broad SMARTS) is 1. The maximum absolute atomic E-state index is 11.8. The fourth-order valence-corrected chi connectivity index (χ4v) is 3.75. The first-order valence-electron chi connectivity index (χ1n) is 9.78. The van der Waals surface area contributed by atoms with Crippen molar-refractivity contribution in [3.8, 4) is 11.5 Å². The summed E-state index contributed by atoms with van der Waals surface area (Å²) in [5, 5.41) is 13.7. The minimum atomic E-state index is -1.05. The third-order valence-electron chi connectivity index (χ3n) is 5.19. The zero-order chi connectivity index (χ0) is 21.1. The predicted molar refractivity (Wildman–Crippen MR) is 116 cm³/mol. The fourth-order valence-electron chi connectivity index (χ4n) is 3.59. The first-order valence-corrected chi connectivity index (χ1v) is 10.2. The number of hydrogen-bond acceptors (Lipinski definition) is 4. The van der Waals surface area contributed by atoms with Gasteiger partial charge in [-0.15, -0.1) is 0 Å². The second-order valence-corrected chi connectivity index (χ2v) is 7.58. The van der Waals surface area contributed by atoms with E-state index < -0.39 is 6.09 Å². The van der Waals surface area contributed by atoms with Crippen molar-refractivity contribution >= 4 is 23.4 Å². The molecular weight excluding hydrogens is 402 g/mol. The van der Waals surface area contributed by atoms with Gasteiger partial charge in [0.25, 0.3) is 0 Å². The van der Waals surface area contributed by atoms with Gasteiger partial charge in [0.2, 0.25) is 0 Å². The molecule has 0 saturated carbocycles. The van der Waals surface area contributed by atoms with Gasteiger partial charge >= 0.3 is 6.09 Å². The van der Waals surface area contributed by atoms with Crippen molar-refractivity contribution in [2.75, 3.05) is 4.90 Å². The Hall–Kier alpha value is -3.09. The Morgan fingerprint density at radius 1 is 1.20 bits per heavy atom. The maximum Gasteiger partial charge on any atom is 0.412 e. The molecule has 1 aliphatic rings. The SMILES string of the molecule is CCC(NCc1ccncc1)c1ccc2c(c1)Oc1ccc(Cl)cc1N(C(=O)O)C2. The number of pyridine rings is 1. The summed E-state index contributed by atoms with van der Waals surface area (Å²) in [6.07, 6.45) is 3.42. The van der Waals surface area contributed by atoms with Crippen LogP contribution in [0.25, 0.3) is 0 Å². The number of anilines is 1. The third kappa shape index (κ3) is 4.25. The number of aromatic nitrogens is 1. The van der Waals surface area contributed by atoms with Crippen molar-refractivity contribution in [2.45, 2.75) is 32.5 Å². The summed E-state index contributed by atoms with van der Waals surface area (Å²) < 4.78 is 6.14. The highest BCUT2D eigenvalue weighted by Gasteiger charge is 2.26. The van der Waals surface area contributed by atoms with Gasteiger partial charge in [0.1, 0.15) is 5.75 Å². The van der Waals surface area contributed by atoms with E-state index >= 15 is 0 Å². The van der Waals surface area contributed by atoms with Gasteiger partial charge < -0.3 is 15.2 Å². The number of carbonyl (C=O) groups is 1. The number of amides is 1. The Bertz CT molecular complexity index is 1060. The van der Waals surface area contributed by atoms with Crippen molar-refractivity contribution in [3.05, 3.63) is 82.6 Å². The molecule has 0 spiro atoms. The molecule has 3 aromatic rings. The summed E-state index contributed by atoms with van der Waals surface area (Å²) in [7, 11) is 0. The molecular formula is C23H22ClN3O3. The summed E-state index contributed by atoms with van der Waals surface area (Å²) in [5.41, 5.74) is 3.50. The lowest BCUT2D eigenvalue weighted by molar-refractivity contribution is 0.201. The van der Waals surface area contributed by atoms with Crippen molar-refractivity contribution in [1.82, 2.24) is 10.3 Å². The molecule has 2 aromatic carbocycles. The monoisotopic (exact) mass is 423 g/mol. The first kappa shape index (κ1) is 20.2. The van der Waals surface area contributed by atoms with Crippen LogP contribution in [-0.4, -0.2) is 16.2 Å². The molecule has 4 rings (SSSR count). The molecule has 1 amide bonds. The number of benzene rings is 2. The lowest BCUT2D eigenvalue weighted by Crippen LogP contribution is -2.28. The molecule has 0 bridgehead atoms. The van der Waals surface area contributed by atoms with E-state index in [0.29, 0.717) is 22.2 Å². The van der Waals surface area contributed by atoms with E-state index in [9.17, 15) is 9.90 Å². The summed E-state index contributed by atoms with van der Waals surface area (Å²) in [5.74, 6) is 1.12. The van der Waals surface area contributed by atoms with Gasteiger partial charge in [0, 0.05) is 35.6 Å². The summed E-state index contributed by atoms with van der Waals surface area (Å²) in [4.78, 5) is 17.2. The van der Waals surface area contributed by atoms with Gasteiger partial charge in [-0.2, -0.15) is 0 Å². The van der Waals surface area contributed by atoms with Crippen LogP contribution in [0.4, 0.5) is 10.5 Å². The molecule has 0 aliphatic carbocycles. The average molecular weight is 424 g/mol. The number of nitrogens with zero attached hydrogens (tertiary/aromatic N) is 2. The summed E-state index contributed by atoms with van der Waals surface area (Å²) in [6, 6.07) is 15.1. The molecule has 1 aromatic heterocycles. The number of ether oxygens (including phenoxy) is 1. The van der Waals surface area contributed by atoms with Crippen LogP contribution in [0, 0.1) is 0 Å². The second kappa shape index (κ2) is 8.73. The van der Waals surface area contributed by atoms with E-state index in [-0.39, 0.29) is 12.6 Å². The standard InChI is InChI=1S/C23H22ClN3O3/c1-2-19(26-13-15-7-9-25-10-8-15)16-3-4-17-14-27(23(28)29)20-12-18(24)5-6-21(20)30-22(17)11-16/h3-12,19,26H,2,13-14H2,1H3,(H,28,29). The molecule has 2 heterocycles. The van der Waals surface area contributed by atoms with Crippen LogP contribution in [0.1, 0.15) is 36.1 Å². The van der Waals surface area contributed by atoms with Gasteiger partial charge in [0.15, 0.2) is 5.75 Å². The number of halogens is 1. The van der Waals surface area contributed by atoms with Crippen LogP contribution in [0.2, 0.25) is 5.02 Å². The highest BCUT2D eigenvalue weighted by Crippen LogP contribution is 2.41. The fraction of sp³-hybridized carbons (Fsp3) is 0.217. The summed E-state index contributed by atoms with van der Waals surface area (Å²) in [6.45, 7) is 3.05. The van der Waals surface area contributed by atoms with Crippen molar-refractivity contribution in [2.24, 2.45) is 0 Å². The maximum atomic E-state index is 11.8. The zero-order valence-corrected chi connectivity index (χ0v) is 17.3. The largest absolute Gasteiger partial charge is 0.465 e. The molecule has 0 saturated heterocycles. The lowest BCUT2D eigenvalue weighted by Gasteiger charge is -2.20. The average Bonchev–Trinajstić information content (AvgIpc) is 2.91. The third-order valence-corrected chi connectivity index (χ3v) is 5.43. The molecule has 30 heavy (non-hydrogen) atoms. The number of rotatable bonds is 5. The van der Waals surface area contributed by atoms with E-state index in [0.717, 1.165) is 29.7 Å². The molecule has 2 N–H and O–H groups in total. The predicted octanol–water partition coefficient (Wildman–Crippen LogP) is 5.77. The Balaban J connectivity index is 1.63. The number of hydrogen-bond donors (Lipinski definition) is 2. The Labute approximate surface area is 180 Å². The van der Waals surface area contributed by atoms with Gasteiger partial charge in [-0.25, -0.2) is 4.79 Å². The van der Waals surface area contributed by atoms with Crippen LogP contribution < -0.4 is 15.0 Å². The molecule has 7 heteroatoms. The Morgan fingerprint density at radius 2 is 2.00 bits per heavy atom. The molecule has 1 unspecified atom stereocenters. The number of fused-ring (bicyclic) bond motifs is 2. The minimum Gasteiger partial charge on any atom is -0.465 e. The van der Waals surface area contributed by atoms with Gasteiger partial charge in [0.05, 0.1) is 12.2 Å². The van der Waals surface area contributed by atoms with Crippen molar-refractivity contribution < 1.29 is 14.6 Å². The Kier molecular flexibility index (Phi) is 5.88. The van der Waals surface area contributed by atoms with Gasteiger partial charge in [-0.3, -0.25) is 9.88 Å². The smallest absolute Gasteiger partial charge is 0.412 e. The first-order chi connectivity index (χ1) is 14.5. The van der Waals surface area contributed by atoms with Crippen LogP contribution >= 0.6 is 11.6 Å². The normalized spacial score (nSPS) is 13.6. The van der Waals surface area contributed by atoms with Crippen LogP contribution in [0.3, 0.4) is 0 Å². The van der Waals surface area contributed by atoms with Crippen molar-refractivity contribution in [1.29, 1.82) is 0 Å². The second-order valence-electron chi connectivity index (χ2n) is 7.15. The summed E-state index contributed by atoms with van der Waals surface area (Å²) >= 11 is 6.09. The number of nitrogens with one attached hydrogen (secondary N) is 1. The minimum absolute atomic E-state index is 0.135. The topological polar surface area (TPSA) is 74.7 Å². The van der Waals surface area contributed by atoms with Crippen molar-refractivity contribution in [3.63, 3.8) is 0 Å². The molecule has 1 atom stereocenters. The quantitative estimate of drug-likeness (QED) is 0.545. The van der Waals surface area contributed by atoms with E-state index in [1.165, 1.54) is 4.90 Å². The van der Waals surface area contributed by atoms with E-state index in [1.54, 1.807) is 30.6 Å². The molecule has 0 fully saturated rings. The zero-order valence-electron chi connectivity index (χ0n) is 16.5. The van der Waals surface area contributed by atoms with Crippen LogP contribution in [0.5, 0.6) is 11.5 Å². The lowest BCUT2D eigenvalue weighted by atomic mass is 10.0. The highest BCUT2D eigenvalue weighted by atomic mass is 35.5. The highest BCUT2D eigenvalue weighted by molar-refractivity contribution is 6.31. The van der Waals surface area contributed by atoms with Crippen LogP contribution in [0.15, 0.2) is 60.9 Å². The molecule has 6 nitrogen and oxygen atoms in total. The van der Waals surface area contributed by atoms with E-state index in [2.05, 4.69) is 17.2 Å². The van der Waals surface area contributed by atoms with Gasteiger partial charge in [-0.05, 0) is 53.9 Å². The molecule has 1 aliphatic heterocycles.